The molecule has 6 heteroatoms. The number of nitrogens with two attached hydrogens (primary N) is 1. The van der Waals surface area contributed by atoms with E-state index in [1.54, 1.807) is 6.07 Å². The van der Waals surface area contributed by atoms with Crippen LogP contribution in [0.5, 0.6) is 5.75 Å². The van der Waals surface area contributed by atoms with Crippen LogP contribution in [0, 0.1) is 3.70 Å². The minimum Gasteiger partial charge on any atom is -0.490 e. The first-order valence-electron chi connectivity index (χ1n) is 3.64. The summed E-state index contributed by atoms with van der Waals surface area (Å²) in [7, 11) is 0. The number of nitrogen functional groups attached to an aromatic ring is 1. The molecule has 0 aliphatic heterocycles. The van der Waals surface area contributed by atoms with Crippen molar-refractivity contribution in [1.82, 2.24) is 4.98 Å². The van der Waals surface area contributed by atoms with Gasteiger partial charge in [0.05, 0.1) is 11.6 Å². The summed E-state index contributed by atoms with van der Waals surface area (Å²) in [5.74, 6) is 6.32. The highest BCUT2D eigenvalue weighted by Crippen LogP contribution is 2.28. The SMILES string of the molecule is CCOc1cc(Cl)c(I)nc1NN. The van der Waals surface area contributed by atoms with Crippen LogP contribution >= 0.6 is 34.2 Å². The Morgan fingerprint density at radius 2 is 2.46 bits per heavy atom. The van der Waals surface area contributed by atoms with Gasteiger partial charge in [-0.2, -0.15) is 0 Å². The number of hydrogen-bond acceptors (Lipinski definition) is 4. The van der Waals surface area contributed by atoms with Crippen molar-refractivity contribution in [3.8, 4) is 5.75 Å². The van der Waals surface area contributed by atoms with Crippen LogP contribution in [0.15, 0.2) is 6.07 Å². The first kappa shape index (κ1) is 10.8. The lowest BCUT2D eigenvalue weighted by molar-refractivity contribution is 0.340. The lowest BCUT2D eigenvalue weighted by atomic mass is 10.4. The van der Waals surface area contributed by atoms with Gasteiger partial charge in [-0.05, 0) is 29.5 Å². The number of nitrogens with zero attached hydrogens (tertiary/aromatic N) is 1. The molecule has 0 aliphatic rings. The van der Waals surface area contributed by atoms with Crippen LogP contribution in [0.2, 0.25) is 5.02 Å². The van der Waals surface area contributed by atoms with Gasteiger partial charge in [-0.1, -0.05) is 11.6 Å². The number of rotatable bonds is 3. The minimum atomic E-state index is 0.496. The Morgan fingerprint density at radius 1 is 1.77 bits per heavy atom. The average molecular weight is 314 g/mol. The van der Waals surface area contributed by atoms with E-state index in [9.17, 15) is 0 Å². The number of nitrogens with one attached hydrogen (secondary N) is 1. The zero-order valence-electron chi connectivity index (χ0n) is 6.97. The van der Waals surface area contributed by atoms with Crippen LogP contribution in [-0.4, -0.2) is 11.6 Å². The van der Waals surface area contributed by atoms with Crippen molar-refractivity contribution in [2.75, 3.05) is 12.0 Å². The summed E-state index contributed by atoms with van der Waals surface area (Å²) in [5, 5.41) is 0.558. The van der Waals surface area contributed by atoms with Gasteiger partial charge < -0.3 is 10.2 Å². The Bertz CT molecular complexity index is 308. The highest BCUT2D eigenvalue weighted by Gasteiger charge is 2.08. The molecule has 0 fully saturated rings. The second kappa shape index (κ2) is 4.83. The smallest absolute Gasteiger partial charge is 0.184 e. The van der Waals surface area contributed by atoms with Gasteiger partial charge in [-0.3, -0.25) is 0 Å². The number of pyridine rings is 1. The van der Waals surface area contributed by atoms with Crippen LogP contribution < -0.4 is 16.0 Å². The maximum absolute atomic E-state index is 5.86. The minimum absolute atomic E-state index is 0.496. The van der Waals surface area contributed by atoms with Gasteiger partial charge in [0, 0.05) is 6.07 Å². The zero-order chi connectivity index (χ0) is 9.84. The first-order valence-corrected chi connectivity index (χ1v) is 5.10. The summed E-state index contributed by atoms with van der Waals surface area (Å²) in [6, 6.07) is 1.69. The summed E-state index contributed by atoms with van der Waals surface area (Å²) in [6.45, 7) is 2.43. The van der Waals surface area contributed by atoms with Gasteiger partial charge in [-0.25, -0.2) is 10.8 Å². The average Bonchev–Trinajstić information content (AvgIpc) is 2.11. The summed E-state index contributed by atoms with van der Waals surface area (Å²) < 4.78 is 5.96. The fourth-order valence-electron chi connectivity index (χ4n) is 0.819. The molecule has 0 atom stereocenters. The fourth-order valence-corrected chi connectivity index (χ4v) is 1.36. The zero-order valence-corrected chi connectivity index (χ0v) is 9.89. The van der Waals surface area contributed by atoms with Gasteiger partial charge in [0.2, 0.25) is 0 Å². The maximum atomic E-state index is 5.86. The molecule has 1 aromatic heterocycles. The van der Waals surface area contributed by atoms with E-state index < -0.39 is 0 Å². The molecule has 0 saturated carbocycles. The highest BCUT2D eigenvalue weighted by molar-refractivity contribution is 14.1. The predicted molar refractivity (Wildman–Crippen MR) is 60.9 cm³/mol. The molecule has 0 unspecified atom stereocenters. The van der Waals surface area contributed by atoms with Gasteiger partial charge >= 0.3 is 0 Å². The molecule has 1 heterocycles. The van der Waals surface area contributed by atoms with E-state index in [1.165, 1.54) is 0 Å². The molecule has 0 amide bonds. The molecular formula is C7H9ClIN3O. The van der Waals surface area contributed by atoms with E-state index in [4.69, 9.17) is 22.2 Å². The third kappa shape index (κ3) is 2.58. The molecule has 0 aromatic carbocycles. The largest absolute Gasteiger partial charge is 0.490 e. The van der Waals surface area contributed by atoms with Crippen molar-refractivity contribution in [1.29, 1.82) is 0 Å². The Morgan fingerprint density at radius 3 is 3.00 bits per heavy atom. The summed E-state index contributed by atoms with van der Waals surface area (Å²) in [5.41, 5.74) is 2.45. The molecule has 13 heavy (non-hydrogen) atoms. The molecule has 1 aromatic rings. The second-order valence-electron chi connectivity index (χ2n) is 2.19. The van der Waals surface area contributed by atoms with Crippen molar-refractivity contribution in [2.45, 2.75) is 6.92 Å². The van der Waals surface area contributed by atoms with Crippen LogP contribution in [-0.2, 0) is 0 Å². The van der Waals surface area contributed by atoms with E-state index in [1.807, 2.05) is 29.5 Å². The molecule has 0 spiro atoms. The third-order valence-electron chi connectivity index (χ3n) is 1.33. The normalized spacial score (nSPS) is 9.85. The molecular weight excluding hydrogens is 304 g/mol. The summed E-state index contributed by atoms with van der Waals surface area (Å²) >= 11 is 7.88. The standard InChI is InChI=1S/C7H9ClIN3O/c1-2-13-5-3-4(8)6(9)11-7(5)12-10/h3H,2,10H2,1H3,(H,11,12). The topological polar surface area (TPSA) is 60.2 Å². The fraction of sp³-hybridized carbons (Fsp3) is 0.286. The quantitative estimate of drug-likeness (QED) is 0.388. The van der Waals surface area contributed by atoms with Crippen LogP contribution in [0.4, 0.5) is 5.82 Å². The third-order valence-corrected chi connectivity index (χ3v) is 2.76. The molecule has 4 nitrogen and oxygen atoms in total. The van der Waals surface area contributed by atoms with Gasteiger partial charge in [0.15, 0.2) is 11.6 Å². The number of ether oxygens (including phenoxy) is 1. The number of hydrogen-bond donors (Lipinski definition) is 2. The van der Waals surface area contributed by atoms with Crippen molar-refractivity contribution < 1.29 is 4.74 Å². The number of halogens is 2. The molecule has 72 valence electrons. The van der Waals surface area contributed by atoms with E-state index >= 15 is 0 Å². The predicted octanol–water partition coefficient (Wildman–Crippen LogP) is 2.02. The molecule has 0 saturated heterocycles. The van der Waals surface area contributed by atoms with E-state index in [0.29, 0.717) is 26.9 Å². The molecule has 1 rings (SSSR count). The highest BCUT2D eigenvalue weighted by atomic mass is 127. The summed E-state index contributed by atoms with van der Waals surface area (Å²) in [6.07, 6.45) is 0. The molecule has 3 N–H and O–H groups in total. The lowest BCUT2D eigenvalue weighted by Crippen LogP contribution is -2.11. The number of hydrazine groups is 1. The maximum Gasteiger partial charge on any atom is 0.184 e. The van der Waals surface area contributed by atoms with E-state index in [-0.39, 0.29) is 0 Å². The number of anilines is 1. The number of aromatic nitrogens is 1. The van der Waals surface area contributed by atoms with Crippen molar-refractivity contribution in [3.05, 3.63) is 14.8 Å². The van der Waals surface area contributed by atoms with Gasteiger partial charge in [0.25, 0.3) is 0 Å². The van der Waals surface area contributed by atoms with Gasteiger partial charge in [-0.15, -0.1) is 0 Å². The van der Waals surface area contributed by atoms with Crippen LogP contribution in [0.3, 0.4) is 0 Å². The van der Waals surface area contributed by atoms with Crippen molar-refractivity contribution in [3.63, 3.8) is 0 Å². The molecule has 0 radical (unpaired) electrons. The van der Waals surface area contributed by atoms with Gasteiger partial charge in [0.1, 0.15) is 3.70 Å². The Kier molecular flexibility index (Phi) is 4.01. The molecule has 0 aliphatic carbocycles. The van der Waals surface area contributed by atoms with Crippen LogP contribution in [0.1, 0.15) is 6.92 Å². The van der Waals surface area contributed by atoms with Crippen LogP contribution in [0.25, 0.3) is 0 Å². The molecule has 0 bridgehead atoms. The van der Waals surface area contributed by atoms with E-state index in [0.717, 1.165) is 0 Å². The van der Waals surface area contributed by atoms with Crippen molar-refractivity contribution in [2.24, 2.45) is 5.84 Å². The summed E-state index contributed by atoms with van der Waals surface area (Å²) in [4.78, 5) is 4.10. The Hall–Kier alpha value is -0.270. The Labute approximate surface area is 94.9 Å². The van der Waals surface area contributed by atoms with Crippen molar-refractivity contribution >= 4 is 40.0 Å². The first-order chi connectivity index (χ1) is 6.19. The monoisotopic (exact) mass is 313 g/mol. The van der Waals surface area contributed by atoms with E-state index in [2.05, 4.69) is 10.4 Å². The second-order valence-corrected chi connectivity index (χ2v) is 3.61. The Balaban J connectivity index is 3.09. The lowest BCUT2D eigenvalue weighted by Gasteiger charge is -2.09.